The summed E-state index contributed by atoms with van der Waals surface area (Å²) in [6.07, 6.45) is 4.28. The minimum Gasteiger partial charge on any atom is -0.494 e. The number of hydrogen-bond donors (Lipinski definition) is 2. The smallest absolute Gasteiger partial charge is 0.265 e. The van der Waals surface area contributed by atoms with E-state index in [0.717, 1.165) is 44.8 Å². The molecule has 1 heterocycles. The van der Waals surface area contributed by atoms with E-state index in [2.05, 4.69) is 10.3 Å². The second-order valence-corrected chi connectivity index (χ2v) is 11.1. The van der Waals surface area contributed by atoms with Gasteiger partial charge >= 0.3 is 0 Å². The first kappa shape index (κ1) is 27.3. The van der Waals surface area contributed by atoms with Crippen molar-refractivity contribution in [2.75, 3.05) is 13.2 Å². The predicted octanol–water partition coefficient (Wildman–Crippen LogP) is 4.14. The molecule has 2 N–H and O–H groups in total. The minimum absolute atomic E-state index is 0.137. The van der Waals surface area contributed by atoms with E-state index in [1.54, 1.807) is 0 Å². The number of halogens is 1. The maximum atomic E-state index is 13.1. The maximum Gasteiger partial charge on any atom is 0.265 e. The molecular weight excluding hydrogens is 526 g/mol. The quantitative estimate of drug-likeness (QED) is 0.365. The van der Waals surface area contributed by atoms with Crippen LogP contribution in [-0.2, 0) is 26.0 Å². The Bertz CT molecular complexity index is 1480. The number of carbonyl (C=O) groups excluding carboxylic acids is 2. The van der Waals surface area contributed by atoms with Crippen molar-refractivity contribution >= 4 is 39.0 Å². The lowest BCUT2D eigenvalue weighted by atomic mass is 10.0. The Hall–Kier alpha value is -3.69. The first-order valence-corrected chi connectivity index (χ1v) is 14.0. The summed E-state index contributed by atoms with van der Waals surface area (Å²) in [5.41, 5.74) is 5.39. The number of rotatable bonds is 10. The SMILES string of the molecule is Cc1cc(OCCCC2=C(C(=O)NCC(=O)NS(=O)(=O)c3cccnc3)Cc3ccccc32)cc(C)c1Cl. The second kappa shape index (κ2) is 11.8. The van der Waals surface area contributed by atoms with Gasteiger partial charge in [-0.3, -0.25) is 14.6 Å². The van der Waals surface area contributed by atoms with Crippen LogP contribution in [0.2, 0.25) is 5.02 Å². The Morgan fingerprint density at radius 2 is 1.82 bits per heavy atom. The third-order valence-corrected chi connectivity index (χ3v) is 8.15. The number of carbonyl (C=O) groups is 2. The van der Waals surface area contributed by atoms with E-state index in [4.69, 9.17) is 16.3 Å². The number of benzene rings is 2. The van der Waals surface area contributed by atoms with Crippen LogP contribution in [0.1, 0.15) is 35.1 Å². The van der Waals surface area contributed by atoms with Gasteiger partial charge in [0.2, 0.25) is 5.91 Å². The molecular formula is C28H28ClN3O5S. The number of nitrogens with zero attached hydrogens (tertiary/aromatic N) is 1. The zero-order valence-corrected chi connectivity index (χ0v) is 22.7. The van der Waals surface area contributed by atoms with Crippen molar-refractivity contribution in [1.29, 1.82) is 0 Å². The van der Waals surface area contributed by atoms with Gasteiger partial charge in [-0.25, -0.2) is 13.1 Å². The molecule has 8 nitrogen and oxygen atoms in total. The molecule has 38 heavy (non-hydrogen) atoms. The Morgan fingerprint density at radius 3 is 2.53 bits per heavy atom. The average Bonchev–Trinajstić information content (AvgIpc) is 3.27. The summed E-state index contributed by atoms with van der Waals surface area (Å²) < 4.78 is 32.6. The van der Waals surface area contributed by atoms with Gasteiger partial charge in [0.15, 0.2) is 0 Å². The molecule has 10 heteroatoms. The number of fused-ring (bicyclic) bond motifs is 1. The van der Waals surface area contributed by atoms with Crippen LogP contribution >= 0.6 is 11.6 Å². The van der Waals surface area contributed by atoms with Gasteiger partial charge in [0, 0.05) is 29.4 Å². The van der Waals surface area contributed by atoms with Crippen LogP contribution in [0.15, 0.2) is 71.4 Å². The molecule has 0 saturated heterocycles. The van der Waals surface area contributed by atoms with Crippen molar-refractivity contribution in [3.05, 3.63) is 93.8 Å². The summed E-state index contributed by atoms with van der Waals surface area (Å²) in [4.78, 5) is 29.0. The summed E-state index contributed by atoms with van der Waals surface area (Å²) >= 11 is 6.24. The van der Waals surface area contributed by atoms with Gasteiger partial charge in [-0.2, -0.15) is 0 Å². The molecule has 0 radical (unpaired) electrons. The van der Waals surface area contributed by atoms with Crippen LogP contribution in [-0.4, -0.2) is 38.4 Å². The van der Waals surface area contributed by atoms with Crippen molar-refractivity contribution in [3.63, 3.8) is 0 Å². The second-order valence-electron chi connectivity index (χ2n) is 9.01. The fourth-order valence-electron chi connectivity index (χ4n) is 4.38. The molecule has 198 valence electrons. The number of nitrogens with one attached hydrogen (secondary N) is 2. The van der Waals surface area contributed by atoms with Crippen molar-refractivity contribution in [2.24, 2.45) is 0 Å². The number of aromatic nitrogens is 1. The van der Waals surface area contributed by atoms with E-state index in [0.29, 0.717) is 31.4 Å². The minimum atomic E-state index is -4.07. The molecule has 1 aliphatic carbocycles. The van der Waals surface area contributed by atoms with E-state index in [1.165, 1.54) is 18.3 Å². The van der Waals surface area contributed by atoms with Gasteiger partial charge in [-0.05, 0) is 78.8 Å². The molecule has 0 saturated carbocycles. The van der Waals surface area contributed by atoms with Crippen LogP contribution in [0.5, 0.6) is 5.75 Å². The van der Waals surface area contributed by atoms with Crippen LogP contribution in [0.25, 0.3) is 5.57 Å². The van der Waals surface area contributed by atoms with Gasteiger partial charge < -0.3 is 10.1 Å². The molecule has 4 rings (SSSR count). The van der Waals surface area contributed by atoms with Crippen LogP contribution in [0, 0.1) is 13.8 Å². The number of amides is 2. The highest BCUT2D eigenvalue weighted by molar-refractivity contribution is 7.90. The van der Waals surface area contributed by atoms with Crippen molar-refractivity contribution in [1.82, 2.24) is 15.0 Å². The first-order valence-electron chi connectivity index (χ1n) is 12.1. The fraction of sp³-hybridized carbons (Fsp3) is 0.250. The third-order valence-electron chi connectivity index (χ3n) is 6.20. The van der Waals surface area contributed by atoms with Crippen molar-refractivity contribution in [3.8, 4) is 5.75 Å². The molecule has 0 bridgehead atoms. The standard InChI is InChI=1S/C28H28ClN3O5S/c1-18-13-21(14-19(2)27(18)29)37-12-6-10-24-23-9-4-3-7-20(23)15-25(24)28(34)31-17-26(33)32-38(35,36)22-8-5-11-30-16-22/h3-5,7-9,11,13-14,16H,6,10,12,15,17H2,1-2H3,(H,31,34)(H,32,33). The zero-order chi connectivity index (χ0) is 27.3. The van der Waals surface area contributed by atoms with Gasteiger partial charge in [-0.15, -0.1) is 0 Å². The van der Waals surface area contributed by atoms with E-state index >= 15 is 0 Å². The number of pyridine rings is 1. The van der Waals surface area contributed by atoms with Gasteiger partial charge in [0.1, 0.15) is 10.6 Å². The number of hydrogen-bond acceptors (Lipinski definition) is 6. The Balaban J connectivity index is 1.39. The largest absolute Gasteiger partial charge is 0.494 e. The van der Waals surface area contributed by atoms with E-state index in [9.17, 15) is 18.0 Å². The molecule has 1 aliphatic rings. The summed E-state index contributed by atoms with van der Waals surface area (Å²) in [6.45, 7) is 3.84. The highest BCUT2D eigenvalue weighted by Gasteiger charge is 2.26. The monoisotopic (exact) mass is 553 g/mol. The molecule has 0 atom stereocenters. The lowest BCUT2D eigenvalue weighted by Gasteiger charge is -2.12. The van der Waals surface area contributed by atoms with Gasteiger partial charge in [0.05, 0.1) is 13.2 Å². The topological polar surface area (TPSA) is 114 Å². The molecule has 1 aromatic heterocycles. The number of allylic oxidation sites excluding steroid dienone is 1. The van der Waals surface area contributed by atoms with Crippen LogP contribution in [0.4, 0.5) is 0 Å². The Morgan fingerprint density at radius 1 is 1.08 bits per heavy atom. The predicted molar refractivity (Wildman–Crippen MR) is 145 cm³/mol. The average molecular weight is 554 g/mol. The molecule has 0 unspecified atom stereocenters. The Kier molecular flexibility index (Phi) is 8.48. The van der Waals surface area contributed by atoms with Crippen molar-refractivity contribution < 1.29 is 22.7 Å². The molecule has 2 amide bonds. The van der Waals surface area contributed by atoms with Crippen LogP contribution < -0.4 is 14.8 Å². The Labute approximate surface area is 227 Å². The summed E-state index contributed by atoms with van der Waals surface area (Å²) in [5.74, 6) is -0.507. The first-order chi connectivity index (χ1) is 18.2. The molecule has 0 spiro atoms. The maximum absolute atomic E-state index is 13.1. The number of sulfonamides is 1. The lowest BCUT2D eigenvalue weighted by molar-refractivity contribution is -0.123. The molecule has 2 aromatic carbocycles. The van der Waals surface area contributed by atoms with Gasteiger partial charge in [0.25, 0.3) is 15.9 Å². The normalized spacial score (nSPS) is 12.7. The highest BCUT2D eigenvalue weighted by Crippen LogP contribution is 2.36. The number of ether oxygens (including phenoxy) is 1. The van der Waals surface area contributed by atoms with E-state index < -0.39 is 28.4 Å². The van der Waals surface area contributed by atoms with Crippen LogP contribution in [0.3, 0.4) is 0 Å². The van der Waals surface area contributed by atoms with Crippen molar-refractivity contribution in [2.45, 2.75) is 38.0 Å². The molecule has 0 fully saturated rings. The third kappa shape index (κ3) is 6.41. The summed E-state index contributed by atoms with van der Waals surface area (Å²) in [6, 6.07) is 14.4. The molecule has 0 aliphatic heterocycles. The van der Waals surface area contributed by atoms with Gasteiger partial charge in [-0.1, -0.05) is 35.9 Å². The van der Waals surface area contributed by atoms with E-state index in [-0.39, 0.29) is 4.90 Å². The van der Waals surface area contributed by atoms with E-state index in [1.807, 2.05) is 55.0 Å². The highest BCUT2D eigenvalue weighted by atomic mass is 35.5. The lowest BCUT2D eigenvalue weighted by Crippen LogP contribution is -2.40. The summed E-state index contributed by atoms with van der Waals surface area (Å²) in [5, 5.41) is 3.29. The zero-order valence-electron chi connectivity index (χ0n) is 21.1. The fourth-order valence-corrected chi connectivity index (χ4v) is 5.43. The molecule has 3 aromatic rings. The number of aryl methyl sites for hydroxylation is 2. The summed E-state index contributed by atoms with van der Waals surface area (Å²) in [7, 11) is -4.07.